The largest absolute Gasteiger partial charge is 0.420 e. The van der Waals surface area contributed by atoms with Gasteiger partial charge in [-0.3, -0.25) is 0 Å². The van der Waals surface area contributed by atoms with E-state index >= 15 is 0 Å². The Morgan fingerprint density at radius 1 is 1.27 bits per heavy atom. The summed E-state index contributed by atoms with van der Waals surface area (Å²) in [6.07, 6.45) is 7.98. The molecule has 3 N–H and O–H groups in total. The number of alkyl halides is 3. The molecule has 3 nitrogen and oxygen atoms in total. The van der Waals surface area contributed by atoms with Gasteiger partial charge in [0.05, 0.1) is 12.2 Å². The average Bonchev–Trinajstić information content (AvgIpc) is 3.06. The molecule has 2 fully saturated rings. The molecular weight excluding hydrogens is 429 g/mol. The Morgan fingerprint density at radius 2 is 1.97 bits per heavy atom. The van der Waals surface area contributed by atoms with Gasteiger partial charge in [0.15, 0.2) is 5.60 Å². The van der Waals surface area contributed by atoms with E-state index in [0.717, 1.165) is 44.3 Å². The fraction of sp³-hybridized carbons (Fsp3) is 0.630. The second kappa shape index (κ2) is 9.55. The molecule has 3 aliphatic rings. The quantitative estimate of drug-likeness (QED) is 0.439. The predicted molar refractivity (Wildman–Crippen MR) is 124 cm³/mol. The summed E-state index contributed by atoms with van der Waals surface area (Å²) >= 11 is 0. The number of halogens is 3. The number of rotatable bonds is 5. The number of allylic oxidation sites excluding steroid dienone is 6. The highest BCUT2D eigenvalue weighted by Gasteiger charge is 2.48. The first-order chi connectivity index (χ1) is 15.3. The molecule has 0 aliphatic heterocycles. The van der Waals surface area contributed by atoms with Crippen molar-refractivity contribution in [2.24, 2.45) is 17.3 Å². The van der Waals surface area contributed by atoms with Gasteiger partial charge in [0.2, 0.25) is 0 Å². The minimum atomic E-state index is -4.69. The Kier molecular flexibility index (Phi) is 7.52. The van der Waals surface area contributed by atoms with Crippen molar-refractivity contribution in [1.82, 2.24) is 0 Å². The Labute approximate surface area is 195 Å². The molecule has 0 spiro atoms. The molecular formula is C27H37F3O3. The third-order valence-electron chi connectivity index (χ3n) is 7.91. The second-order valence-electron chi connectivity index (χ2n) is 10.5. The number of fused-ring (bicyclic) bond motifs is 1. The molecule has 0 radical (unpaired) electrons. The zero-order chi connectivity index (χ0) is 24.6. The van der Waals surface area contributed by atoms with Crippen LogP contribution in [0.4, 0.5) is 13.2 Å². The first-order valence-corrected chi connectivity index (χ1v) is 11.9. The smallest absolute Gasteiger partial charge is 0.393 e. The van der Waals surface area contributed by atoms with Gasteiger partial charge in [0.25, 0.3) is 0 Å². The van der Waals surface area contributed by atoms with Crippen LogP contribution in [-0.2, 0) is 0 Å². The molecule has 184 valence electrons. The fourth-order valence-corrected chi connectivity index (χ4v) is 5.80. The van der Waals surface area contributed by atoms with Gasteiger partial charge in [-0.1, -0.05) is 55.9 Å². The minimum Gasteiger partial charge on any atom is -0.393 e. The number of aliphatic hydroxyl groups is 3. The van der Waals surface area contributed by atoms with Crippen LogP contribution in [0.2, 0.25) is 0 Å². The number of aliphatic hydroxyl groups excluding tert-OH is 2. The van der Waals surface area contributed by atoms with Gasteiger partial charge < -0.3 is 15.3 Å². The summed E-state index contributed by atoms with van der Waals surface area (Å²) in [6.45, 7) is 9.06. The van der Waals surface area contributed by atoms with Crippen molar-refractivity contribution in [3.8, 4) is 0 Å². The van der Waals surface area contributed by atoms with Gasteiger partial charge in [-0.2, -0.15) is 13.2 Å². The predicted octanol–water partition coefficient (Wildman–Crippen LogP) is 5.94. The van der Waals surface area contributed by atoms with E-state index in [1.807, 2.05) is 13.0 Å². The van der Waals surface area contributed by atoms with Crippen molar-refractivity contribution in [3.63, 3.8) is 0 Å². The zero-order valence-electron chi connectivity index (χ0n) is 19.8. The Bertz CT molecular complexity index is 878. The molecule has 3 aliphatic carbocycles. The van der Waals surface area contributed by atoms with Gasteiger partial charge >= 0.3 is 6.18 Å². The van der Waals surface area contributed by atoms with Crippen LogP contribution in [0.25, 0.3) is 0 Å². The summed E-state index contributed by atoms with van der Waals surface area (Å²) in [5, 5.41) is 29.7. The third-order valence-corrected chi connectivity index (χ3v) is 7.91. The molecule has 2 saturated carbocycles. The lowest BCUT2D eigenvalue weighted by atomic mass is 9.62. The lowest BCUT2D eigenvalue weighted by molar-refractivity contribution is -0.232. The van der Waals surface area contributed by atoms with Crippen molar-refractivity contribution in [1.29, 1.82) is 0 Å². The molecule has 33 heavy (non-hydrogen) atoms. The summed E-state index contributed by atoms with van der Waals surface area (Å²) < 4.78 is 38.7. The molecule has 6 heteroatoms. The first kappa shape index (κ1) is 26.0. The second-order valence-corrected chi connectivity index (χ2v) is 10.5. The zero-order valence-corrected chi connectivity index (χ0v) is 19.8. The molecule has 3 unspecified atom stereocenters. The average molecular weight is 467 g/mol. The summed E-state index contributed by atoms with van der Waals surface area (Å²) in [5.74, 6) is 0.427. The van der Waals surface area contributed by atoms with Crippen LogP contribution in [0.15, 0.2) is 59.3 Å². The third kappa shape index (κ3) is 5.39. The molecule has 0 aromatic carbocycles. The highest BCUT2D eigenvalue weighted by molar-refractivity contribution is 5.40. The molecule has 6 atom stereocenters. The summed E-state index contributed by atoms with van der Waals surface area (Å²) in [4.78, 5) is 0. The lowest BCUT2D eigenvalue weighted by Crippen LogP contribution is -2.40. The summed E-state index contributed by atoms with van der Waals surface area (Å²) in [7, 11) is 0. The normalized spacial score (nSPS) is 36.2. The van der Waals surface area contributed by atoms with E-state index in [-0.39, 0.29) is 11.3 Å². The standard InChI is InChI=1S/C27H37F3O3/c1-17(7-5-14-26(4,33)27(28,29)30)22-11-12-23-19(8-6-13-25(22,23)3)9-10-20-15-21(31)16-24(32)18(20)2/h5,9-11,14,17,21,23-24,31-33H,2,6-8,12-13,15-16H2,1,3-4H3/t17?,21?,23?,24-,25+,26+/m0/s1. The topological polar surface area (TPSA) is 60.7 Å². The van der Waals surface area contributed by atoms with Gasteiger partial charge in [0, 0.05) is 6.42 Å². The van der Waals surface area contributed by atoms with Crippen molar-refractivity contribution in [3.05, 3.63) is 59.3 Å². The van der Waals surface area contributed by atoms with E-state index in [9.17, 15) is 28.5 Å². The number of hydrogen-bond donors (Lipinski definition) is 3. The van der Waals surface area contributed by atoms with Crippen LogP contribution in [0.3, 0.4) is 0 Å². The molecule has 0 aromatic heterocycles. The maximum absolute atomic E-state index is 12.9. The first-order valence-electron chi connectivity index (χ1n) is 11.9. The van der Waals surface area contributed by atoms with Crippen molar-refractivity contribution < 1.29 is 28.5 Å². The van der Waals surface area contributed by atoms with Crippen LogP contribution >= 0.6 is 0 Å². The maximum atomic E-state index is 12.9. The molecule has 0 saturated heterocycles. The van der Waals surface area contributed by atoms with Gasteiger partial charge in [0.1, 0.15) is 0 Å². The van der Waals surface area contributed by atoms with Crippen LogP contribution in [0, 0.1) is 17.3 Å². The van der Waals surface area contributed by atoms with E-state index < -0.39 is 24.0 Å². The van der Waals surface area contributed by atoms with E-state index in [1.165, 1.54) is 17.2 Å². The van der Waals surface area contributed by atoms with Gasteiger partial charge in [-0.15, -0.1) is 0 Å². The van der Waals surface area contributed by atoms with E-state index in [4.69, 9.17) is 0 Å². The van der Waals surface area contributed by atoms with Crippen LogP contribution in [0.5, 0.6) is 0 Å². The van der Waals surface area contributed by atoms with Crippen LogP contribution in [0.1, 0.15) is 65.7 Å². The Morgan fingerprint density at radius 3 is 2.64 bits per heavy atom. The monoisotopic (exact) mass is 466 g/mol. The molecule has 0 bridgehead atoms. The molecule has 0 heterocycles. The highest BCUT2D eigenvalue weighted by atomic mass is 19.4. The molecule has 3 rings (SSSR count). The van der Waals surface area contributed by atoms with Crippen LogP contribution in [-0.4, -0.2) is 39.3 Å². The van der Waals surface area contributed by atoms with E-state index in [1.54, 1.807) is 0 Å². The van der Waals surface area contributed by atoms with Gasteiger partial charge in [-0.05, 0) is 79.9 Å². The summed E-state index contributed by atoms with van der Waals surface area (Å²) in [6, 6.07) is 0. The minimum absolute atomic E-state index is 0.0367. The maximum Gasteiger partial charge on any atom is 0.420 e. The van der Waals surface area contributed by atoms with E-state index in [0.29, 0.717) is 30.8 Å². The van der Waals surface area contributed by atoms with Gasteiger partial charge in [-0.25, -0.2) is 0 Å². The van der Waals surface area contributed by atoms with E-state index in [2.05, 4.69) is 25.7 Å². The SMILES string of the molecule is C=C1C(=CC=C2CCC[C@]3(C)C(C(C)CC=C[C@@](C)(O)C(F)(F)F)=CCC23)CC(O)C[C@@H]1O. The summed E-state index contributed by atoms with van der Waals surface area (Å²) in [5.41, 5.74) is 1.34. The Balaban J connectivity index is 1.73. The highest BCUT2D eigenvalue weighted by Crippen LogP contribution is 2.57. The van der Waals surface area contributed by atoms with Crippen molar-refractivity contribution in [2.45, 2.75) is 89.7 Å². The number of hydrogen-bond acceptors (Lipinski definition) is 3. The fourth-order valence-electron chi connectivity index (χ4n) is 5.80. The molecule has 0 amide bonds. The van der Waals surface area contributed by atoms with Crippen molar-refractivity contribution >= 4 is 0 Å². The Hall–Kier alpha value is -1.63. The molecule has 0 aromatic rings. The van der Waals surface area contributed by atoms with Crippen LogP contribution < -0.4 is 0 Å². The lowest BCUT2D eigenvalue weighted by Gasteiger charge is -2.42. The van der Waals surface area contributed by atoms with Crippen molar-refractivity contribution in [2.75, 3.05) is 0 Å².